The highest BCUT2D eigenvalue weighted by Gasteiger charge is 2.01. The number of benzene rings is 1. The second kappa shape index (κ2) is 4.56. The van der Waals surface area contributed by atoms with Crippen molar-refractivity contribution in [3.8, 4) is 11.3 Å². The summed E-state index contributed by atoms with van der Waals surface area (Å²) in [6.07, 6.45) is 5.97. The first-order valence-electron chi connectivity index (χ1n) is 5.05. The molecule has 0 unspecified atom stereocenters. The average Bonchev–Trinajstić information content (AvgIpc) is 2.31. The lowest BCUT2D eigenvalue weighted by molar-refractivity contribution is 1.32. The third-order valence-corrected chi connectivity index (χ3v) is 2.25. The number of nitrogens with zero attached hydrogens (tertiary/aromatic N) is 1. The van der Waals surface area contributed by atoms with Gasteiger partial charge in [-0.3, -0.25) is 4.98 Å². The fourth-order valence-corrected chi connectivity index (χ4v) is 1.58. The lowest BCUT2D eigenvalue weighted by atomic mass is 10.0. The van der Waals surface area contributed by atoms with Crippen LogP contribution in [0.2, 0.25) is 0 Å². The maximum Gasteiger partial charge on any atom is 0.0707 e. The van der Waals surface area contributed by atoms with Gasteiger partial charge < -0.3 is 0 Å². The van der Waals surface area contributed by atoms with Crippen LogP contribution in [0.5, 0.6) is 0 Å². The van der Waals surface area contributed by atoms with Crippen molar-refractivity contribution in [1.82, 2.24) is 4.98 Å². The minimum atomic E-state index is 1.02. The molecule has 0 fully saturated rings. The van der Waals surface area contributed by atoms with Gasteiger partial charge in [-0.15, -0.1) is 0 Å². The first kappa shape index (κ1) is 9.66. The fourth-order valence-electron chi connectivity index (χ4n) is 1.58. The normalized spacial score (nSPS) is 10.7. The number of rotatable bonds is 2. The molecule has 0 aliphatic heterocycles. The van der Waals surface area contributed by atoms with Gasteiger partial charge in [-0.1, -0.05) is 42.5 Å². The zero-order valence-corrected chi connectivity index (χ0v) is 8.72. The van der Waals surface area contributed by atoms with Crippen LogP contribution in [0.15, 0.2) is 54.7 Å². The van der Waals surface area contributed by atoms with Crippen molar-refractivity contribution < 1.29 is 0 Å². The molecule has 0 radical (unpaired) electrons. The van der Waals surface area contributed by atoms with Crippen molar-refractivity contribution in [1.29, 1.82) is 0 Å². The van der Waals surface area contributed by atoms with E-state index in [0.717, 1.165) is 5.69 Å². The Kier molecular flexibility index (Phi) is 2.93. The predicted octanol–water partition coefficient (Wildman–Crippen LogP) is 3.78. The molecule has 1 heteroatoms. The maximum atomic E-state index is 4.36. The number of hydrogen-bond acceptors (Lipinski definition) is 1. The first-order valence-corrected chi connectivity index (χ1v) is 5.05. The molecule has 0 aliphatic carbocycles. The van der Waals surface area contributed by atoms with E-state index in [0.29, 0.717) is 0 Å². The molecule has 1 heterocycles. The van der Waals surface area contributed by atoms with Crippen LogP contribution >= 0.6 is 0 Å². The van der Waals surface area contributed by atoms with E-state index in [1.807, 2.05) is 49.5 Å². The topological polar surface area (TPSA) is 12.9 Å². The summed E-state index contributed by atoms with van der Waals surface area (Å²) in [7, 11) is 0. The van der Waals surface area contributed by atoms with E-state index in [2.05, 4.69) is 23.2 Å². The molecule has 0 amide bonds. The van der Waals surface area contributed by atoms with Crippen molar-refractivity contribution in [2.45, 2.75) is 6.92 Å². The smallest absolute Gasteiger partial charge is 0.0707 e. The van der Waals surface area contributed by atoms with Crippen LogP contribution in [-0.2, 0) is 0 Å². The second-order valence-electron chi connectivity index (χ2n) is 3.30. The van der Waals surface area contributed by atoms with E-state index in [-0.39, 0.29) is 0 Å². The molecule has 0 N–H and O–H groups in total. The molecule has 0 spiro atoms. The summed E-state index contributed by atoms with van der Waals surface area (Å²) in [5.41, 5.74) is 3.40. The minimum Gasteiger partial charge on any atom is -0.256 e. The molecule has 1 aromatic heterocycles. The molecule has 15 heavy (non-hydrogen) atoms. The van der Waals surface area contributed by atoms with Crippen molar-refractivity contribution >= 4 is 6.08 Å². The van der Waals surface area contributed by atoms with E-state index in [1.54, 1.807) is 0 Å². The van der Waals surface area contributed by atoms with Crippen LogP contribution in [0.4, 0.5) is 0 Å². The average molecular weight is 195 g/mol. The van der Waals surface area contributed by atoms with Crippen LogP contribution in [-0.4, -0.2) is 4.98 Å². The lowest BCUT2D eigenvalue weighted by Gasteiger charge is -2.04. The Bertz CT molecular complexity index is 458. The monoisotopic (exact) mass is 195 g/mol. The summed E-state index contributed by atoms with van der Waals surface area (Å²) in [5.74, 6) is 0. The molecule has 0 aliphatic rings. The van der Waals surface area contributed by atoms with Crippen LogP contribution in [0.3, 0.4) is 0 Å². The van der Waals surface area contributed by atoms with Crippen LogP contribution in [0.1, 0.15) is 12.5 Å². The summed E-state index contributed by atoms with van der Waals surface area (Å²) < 4.78 is 0. The maximum absolute atomic E-state index is 4.36. The van der Waals surface area contributed by atoms with Crippen molar-refractivity contribution in [3.63, 3.8) is 0 Å². The molecule has 74 valence electrons. The Hall–Kier alpha value is -1.89. The Morgan fingerprint density at radius 3 is 2.53 bits per heavy atom. The molecule has 2 aromatic rings. The third-order valence-electron chi connectivity index (χ3n) is 2.25. The highest BCUT2D eigenvalue weighted by molar-refractivity contribution is 5.72. The molecular weight excluding hydrogens is 182 g/mol. The Balaban J connectivity index is 2.53. The summed E-state index contributed by atoms with van der Waals surface area (Å²) in [6.45, 7) is 2.02. The standard InChI is InChI=1S/C14H13N/c1-2-7-12-8-3-4-9-13(12)14-10-5-6-11-15-14/h2-11H,1H3/b7-2-. The zero-order chi connectivity index (χ0) is 10.5. The van der Waals surface area contributed by atoms with Crippen LogP contribution in [0, 0.1) is 0 Å². The fraction of sp³-hybridized carbons (Fsp3) is 0.0714. The lowest BCUT2D eigenvalue weighted by Crippen LogP contribution is -1.85. The van der Waals surface area contributed by atoms with Gasteiger partial charge >= 0.3 is 0 Å². The third kappa shape index (κ3) is 2.13. The number of hydrogen-bond donors (Lipinski definition) is 0. The first-order chi connectivity index (χ1) is 7.42. The molecule has 0 saturated carbocycles. The number of pyridine rings is 1. The Labute approximate surface area is 90.1 Å². The zero-order valence-electron chi connectivity index (χ0n) is 8.72. The van der Waals surface area contributed by atoms with E-state index >= 15 is 0 Å². The second-order valence-corrected chi connectivity index (χ2v) is 3.30. The molecule has 1 nitrogen and oxygen atoms in total. The number of allylic oxidation sites excluding steroid dienone is 1. The summed E-state index contributed by atoms with van der Waals surface area (Å²) >= 11 is 0. The van der Waals surface area contributed by atoms with Crippen LogP contribution < -0.4 is 0 Å². The van der Waals surface area contributed by atoms with Crippen molar-refractivity contribution in [2.75, 3.05) is 0 Å². The predicted molar refractivity (Wildman–Crippen MR) is 64.4 cm³/mol. The molecule has 1 aromatic carbocycles. The molecule has 0 atom stereocenters. The molecular formula is C14H13N. The van der Waals surface area contributed by atoms with Gasteiger partial charge in [0.2, 0.25) is 0 Å². The molecule has 2 rings (SSSR count). The van der Waals surface area contributed by atoms with Gasteiger partial charge in [0.15, 0.2) is 0 Å². The van der Waals surface area contributed by atoms with Gasteiger partial charge in [-0.2, -0.15) is 0 Å². The van der Waals surface area contributed by atoms with E-state index in [4.69, 9.17) is 0 Å². The highest BCUT2D eigenvalue weighted by atomic mass is 14.7. The highest BCUT2D eigenvalue weighted by Crippen LogP contribution is 2.22. The van der Waals surface area contributed by atoms with Gasteiger partial charge in [0.05, 0.1) is 5.69 Å². The minimum absolute atomic E-state index is 1.02. The van der Waals surface area contributed by atoms with E-state index in [1.165, 1.54) is 11.1 Å². The van der Waals surface area contributed by atoms with Gasteiger partial charge in [0.25, 0.3) is 0 Å². The number of aromatic nitrogens is 1. The van der Waals surface area contributed by atoms with Gasteiger partial charge in [0.1, 0.15) is 0 Å². The van der Waals surface area contributed by atoms with E-state index in [9.17, 15) is 0 Å². The van der Waals surface area contributed by atoms with Gasteiger partial charge in [-0.25, -0.2) is 0 Å². The SMILES string of the molecule is C/C=C\c1ccccc1-c1ccccn1. The Morgan fingerprint density at radius 2 is 1.80 bits per heavy atom. The van der Waals surface area contributed by atoms with E-state index < -0.39 is 0 Å². The molecule has 0 saturated heterocycles. The largest absolute Gasteiger partial charge is 0.256 e. The van der Waals surface area contributed by atoms with Gasteiger partial charge in [-0.05, 0) is 24.6 Å². The van der Waals surface area contributed by atoms with Crippen molar-refractivity contribution in [2.24, 2.45) is 0 Å². The summed E-state index contributed by atoms with van der Waals surface area (Å²) in [5, 5.41) is 0. The summed E-state index contributed by atoms with van der Waals surface area (Å²) in [6, 6.07) is 14.2. The quantitative estimate of drug-likeness (QED) is 0.710. The van der Waals surface area contributed by atoms with Gasteiger partial charge in [0, 0.05) is 11.8 Å². The Morgan fingerprint density at radius 1 is 1.00 bits per heavy atom. The molecule has 0 bridgehead atoms. The van der Waals surface area contributed by atoms with Crippen molar-refractivity contribution in [3.05, 3.63) is 60.3 Å². The van der Waals surface area contributed by atoms with Crippen LogP contribution in [0.25, 0.3) is 17.3 Å². The summed E-state index contributed by atoms with van der Waals surface area (Å²) in [4.78, 5) is 4.36.